The van der Waals surface area contributed by atoms with Crippen molar-refractivity contribution in [2.75, 3.05) is 13.6 Å². The Hall–Kier alpha value is -2.30. The highest BCUT2D eigenvalue weighted by molar-refractivity contribution is 5.80. The van der Waals surface area contributed by atoms with Crippen LogP contribution in [0.5, 0.6) is 0 Å². The SMILES string of the molecule is CN=C(NCC(C1CC1)C1CC1)NC(C)c1cccc(-n2cccn2)c1. The summed E-state index contributed by atoms with van der Waals surface area (Å²) in [6, 6.07) is 10.6. The highest BCUT2D eigenvalue weighted by atomic mass is 15.3. The molecule has 2 aliphatic rings. The van der Waals surface area contributed by atoms with Crippen LogP contribution in [0.1, 0.15) is 44.2 Å². The van der Waals surface area contributed by atoms with Crippen LogP contribution >= 0.6 is 0 Å². The van der Waals surface area contributed by atoms with E-state index in [4.69, 9.17) is 0 Å². The average molecular weight is 351 g/mol. The van der Waals surface area contributed by atoms with E-state index in [0.717, 1.165) is 35.9 Å². The Bertz CT molecular complexity index is 732. The molecule has 0 spiro atoms. The number of aliphatic imine (C=N–C) groups is 1. The Balaban J connectivity index is 1.36. The Morgan fingerprint density at radius 1 is 1.23 bits per heavy atom. The maximum atomic E-state index is 4.43. The molecule has 1 heterocycles. The largest absolute Gasteiger partial charge is 0.356 e. The third-order valence-electron chi connectivity index (χ3n) is 5.68. The molecule has 0 aliphatic heterocycles. The lowest BCUT2D eigenvalue weighted by Gasteiger charge is -2.22. The molecule has 1 aromatic heterocycles. The highest BCUT2D eigenvalue weighted by Gasteiger charge is 2.41. The van der Waals surface area contributed by atoms with Crippen LogP contribution in [0.2, 0.25) is 0 Å². The third-order valence-corrected chi connectivity index (χ3v) is 5.68. The molecule has 2 N–H and O–H groups in total. The number of rotatable bonds is 7. The standard InChI is InChI=1S/C21H29N5/c1-15(18-5-3-6-19(13-18)26-12-4-11-24-26)25-21(22-2)23-14-20(16-7-8-16)17-9-10-17/h3-6,11-13,15-17,20H,7-10,14H2,1-2H3,(H2,22,23,25). The van der Waals surface area contributed by atoms with Crippen LogP contribution < -0.4 is 10.6 Å². The van der Waals surface area contributed by atoms with Gasteiger partial charge in [-0.3, -0.25) is 4.99 Å². The Labute approximate surface area is 155 Å². The van der Waals surface area contributed by atoms with Crippen molar-refractivity contribution in [3.8, 4) is 5.69 Å². The molecule has 4 rings (SSSR count). The average Bonchev–Trinajstić information content (AvgIpc) is 3.61. The van der Waals surface area contributed by atoms with Crippen LogP contribution in [0.4, 0.5) is 0 Å². The van der Waals surface area contributed by atoms with Crippen LogP contribution in [0.15, 0.2) is 47.7 Å². The number of hydrogen-bond donors (Lipinski definition) is 2. The molecular weight excluding hydrogens is 322 g/mol. The van der Waals surface area contributed by atoms with Gasteiger partial charge < -0.3 is 10.6 Å². The minimum atomic E-state index is 0.178. The molecule has 5 heteroatoms. The second-order valence-electron chi connectivity index (χ2n) is 7.70. The Morgan fingerprint density at radius 3 is 2.62 bits per heavy atom. The minimum absolute atomic E-state index is 0.178. The number of benzene rings is 1. The van der Waals surface area contributed by atoms with Crippen molar-refractivity contribution in [3.05, 3.63) is 48.3 Å². The van der Waals surface area contributed by atoms with Gasteiger partial charge in [-0.1, -0.05) is 12.1 Å². The molecule has 2 aliphatic carbocycles. The summed E-state index contributed by atoms with van der Waals surface area (Å²) in [4.78, 5) is 4.43. The summed E-state index contributed by atoms with van der Waals surface area (Å²) in [7, 11) is 1.85. The molecule has 2 saturated carbocycles. The normalized spacial score (nSPS) is 18.8. The van der Waals surface area contributed by atoms with E-state index in [-0.39, 0.29) is 6.04 Å². The van der Waals surface area contributed by atoms with Crippen molar-refractivity contribution in [2.45, 2.75) is 38.6 Å². The van der Waals surface area contributed by atoms with Gasteiger partial charge in [0.1, 0.15) is 0 Å². The molecular formula is C21H29N5. The fourth-order valence-corrected chi connectivity index (χ4v) is 3.82. The number of aromatic nitrogens is 2. The number of nitrogens with zero attached hydrogens (tertiary/aromatic N) is 3. The molecule has 1 unspecified atom stereocenters. The lowest BCUT2D eigenvalue weighted by atomic mass is 9.98. The quantitative estimate of drug-likeness (QED) is 0.593. The van der Waals surface area contributed by atoms with Crippen LogP contribution in [0, 0.1) is 17.8 Å². The number of guanidine groups is 1. The molecule has 138 valence electrons. The van der Waals surface area contributed by atoms with Gasteiger partial charge in [-0.15, -0.1) is 0 Å². The summed E-state index contributed by atoms with van der Waals surface area (Å²) >= 11 is 0. The minimum Gasteiger partial charge on any atom is -0.356 e. The number of hydrogen-bond acceptors (Lipinski definition) is 2. The molecule has 1 aromatic carbocycles. The van der Waals surface area contributed by atoms with Crippen LogP contribution in [-0.2, 0) is 0 Å². The van der Waals surface area contributed by atoms with E-state index in [1.807, 2.05) is 24.0 Å². The van der Waals surface area contributed by atoms with Crippen molar-refractivity contribution < 1.29 is 0 Å². The predicted octanol–water partition coefficient (Wildman–Crippen LogP) is 3.53. The first-order chi connectivity index (χ1) is 12.7. The van der Waals surface area contributed by atoms with Gasteiger partial charge in [0.05, 0.1) is 11.7 Å². The smallest absolute Gasteiger partial charge is 0.191 e. The molecule has 1 atom stereocenters. The van der Waals surface area contributed by atoms with Crippen LogP contribution in [0.25, 0.3) is 5.69 Å². The monoisotopic (exact) mass is 351 g/mol. The van der Waals surface area contributed by atoms with E-state index in [1.165, 1.54) is 31.2 Å². The number of nitrogens with one attached hydrogen (secondary N) is 2. The lowest BCUT2D eigenvalue weighted by molar-refractivity contribution is 0.399. The summed E-state index contributed by atoms with van der Waals surface area (Å²) in [5.74, 6) is 3.65. The van der Waals surface area contributed by atoms with Gasteiger partial charge in [-0.25, -0.2) is 4.68 Å². The Morgan fingerprint density at radius 2 is 2.00 bits per heavy atom. The van der Waals surface area contributed by atoms with Crippen molar-refractivity contribution in [1.29, 1.82) is 0 Å². The summed E-state index contributed by atoms with van der Waals surface area (Å²) in [6.45, 7) is 3.23. The molecule has 0 radical (unpaired) electrons. The first-order valence-electron chi connectivity index (χ1n) is 9.82. The molecule has 0 amide bonds. The zero-order chi connectivity index (χ0) is 17.9. The van der Waals surface area contributed by atoms with Crippen LogP contribution in [0.3, 0.4) is 0 Å². The second-order valence-corrected chi connectivity index (χ2v) is 7.70. The molecule has 0 saturated heterocycles. The summed E-state index contributed by atoms with van der Waals surface area (Å²) < 4.78 is 1.89. The molecule has 2 aromatic rings. The molecule has 5 nitrogen and oxygen atoms in total. The van der Waals surface area contributed by atoms with E-state index in [9.17, 15) is 0 Å². The van der Waals surface area contributed by atoms with Gasteiger partial charge in [0, 0.05) is 26.0 Å². The predicted molar refractivity (Wildman–Crippen MR) is 105 cm³/mol. The second kappa shape index (κ2) is 7.52. The molecule has 0 bridgehead atoms. The van der Waals surface area contributed by atoms with Gasteiger partial charge >= 0.3 is 0 Å². The van der Waals surface area contributed by atoms with Gasteiger partial charge in [-0.2, -0.15) is 5.10 Å². The summed E-state index contributed by atoms with van der Waals surface area (Å²) in [5, 5.41) is 11.4. The summed E-state index contributed by atoms with van der Waals surface area (Å²) in [6.07, 6.45) is 9.46. The van der Waals surface area contributed by atoms with E-state index in [2.05, 4.69) is 51.9 Å². The van der Waals surface area contributed by atoms with Gasteiger partial charge in [0.2, 0.25) is 0 Å². The van der Waals surface area contributed by atoms with E-state index in [1.54, 1.807) is 6.20 Å². The van der Waals surface area contributed by atoms with E-state index in [0.29, 0.717) is 0 Å². The van der Waals surface area contributed by atoms with Crippen LogP contribution in [-0.4, -0.2) is 29.3 Å². The molecule has 26 heavy (non-hydrogen) atoms. The van der Waals surface area contributed by atoms with Crippen molar-refractivity contribution >= 4 is 5.96 Å². The fourth-order valence-electron chi connectivity index (χ4n) is 3.82. The third kappa shape index (κ3) is 4.09. The van der Waals surface area contributed by atoms with Gasteiger partial charge in [-0.05, 0) is 74.1 Å². The maximum absolute atomic E-state index is 4.43. The fraction of sp³-hybridized carbons (Fsp3) is 0.524. The molecule has 2 fully saturated rings. The van der Waals surface area contributed by atoms with E-state index < -0.39 is 0 Å². The zero-order valence-electron chi connectivity index (χ0n) is 15.7. The first kappa shape index (κ1) is 17.1. The first-order valence-corrected chi connectivity index (χ1v) is 9.82. The topological polar surface area (TPSA) is 54.2 Å². The van der Waals surface area contributed by atoms with Crippen molar-refractivity contribution in [3.63, 3.8) is 0 Å². The Kier molecular flexibility index (Phi) is 4.96. The zero-order valence-corrected chi connectivity index (χ0v) is 15.7. The maximum Gasteiger partial charge on any atom is 0.191 e. The lowest BCUT2D eigenvalue weighted by Crippen LogP contribution is -2.41. The van der Waals surface area contributed by atoms with Crippen molar-refractivity contribution in [2.24, 2.45) is 22.7 Å². The summed E-state index contributed by atoms with van der Waals surface area (Å²) in [5.41, 5.74) is 2.30. The van der Waals surface area contributed by atoms with Gasteiger partial charge in [0.25, 0.3) is 0 Å². The highest BCUT2D eigenvalue weighted by Crippen LogP contribution is 2.48. The van der Waals surface area contributed by atoms with Gasteiger partial charge in [0.15, 0.2) is 5.96 Å². The van der Waals surface area contributed by atoms with Crippen molar-refractivity contribution in [1.82, 2.24) is 20.4 Å². The van der Waals surface area contributed by atoms with E-state index >= 15 is 0 Å².